The first-order valence-corrected chi connectivity index (χ1v) is 7.09. The maximum absolute atomic E-state index is 11.6. The SMILES string of the molecule is COC(=O)c1sc(N2CCC(C)(O)CC2)c(C#N)c1N. The number of ether oxygens (including phenoxy) is 1. The fraction of sp³-hybridized carbons (Fsp3) is 0.538. The molecule has 1 aromatic heterocycles. The van der Waals surface area contributed by atoms with Gasteiger partial charge in [0.1, 0.15) is 21.5 Å². The van der Waals surface area contributed by atoms with Crippen molar-refractivity contribution in [2.24, 2.45) is 0 Å². The van der Waals surface area contributed by atoms with Gasteiger partial charge in [0.15, 0.2) is 0 Å². The molecule has 6 nitrogen and oxygen atoms in total. The molecule has 1 saturated heterocycles. The molecule has 7 heteroatoms. The molecule has 0 spiro atoms. The van der Waals surface area contributed by atoms with Crippen LogP contribution in [0.5, 0.6) is 0 Å². The molecule has 1 fully saturated rings. The maximum atomic E-state index is 11.6. The van der Waals surface area contributed by atoms with Gasteiger partial charge in [-0.05, 0) is 19.8 Å². The molecule has 0 saturated carbocycles. The fourth-order valence-corrected chi connectivity index (χ4v) is 3.34. The number of nitrogen functional groups attached to an aromatic ring is 1. The van der Waals surface area contributed by atoms with Gasteiger partial charge in [0.2, 0.25) is 0 Å². The van der Waals surface area contributed by atoms with Crippen LogP contribution in [-0.4, -0.2) is 36.9 Å². The standard InChI is InChI=1S/C13H17N3O3S/c1-13(18)3-5-16(6-4-13)11-8(7-14)9(15)10(20-11)12(17)19-2/h18H,3-6,15H2,1-2H3. The lowest BCUT2D eigenvalue weighted by molar-refractivity contribution is 0.0352. The van der Waals surface area contributed by atoms with E-state index in [2.05, 4.69) is 10.8 Å². The smallest absolute Gasteiger partial charge is 0.350 e. The Bertz CT molecular complexity index is 564. The largest absolute Gasteiger partial charge is 0.465 e. The van der Waals surface area contributed by atoms with Gasteiger partial charge in [-0.15, -0.1) is 11.3 Å². The molecule has 2 heterocycles. The zero-order valence-corrected chi connectivity index (χ0v) is 12.3. The summed E-state index contributed by atoms with van der Waals surface area (Å²) in [6, 6.07) is 2.05. The number of nitrogens with two attached hydrogens (primary N) is 1. The van der Waals surface area contributed by atoms with Crippen LogP contribution in [-0.2, 0) is 4.74 Å². The van der Waals surface area contributed by atoms with E-state index in [1.54, 1.807) is 6.92 Å². The normalized spacial score (nSPS) is 17.6. The molecule has 0 atom stereocenters. The van der Waals surface area contributed by atoms with Gasteiger partial charge in [0, 0.05) is 13.1 Å². The first-order chi connectivity index (χ1) is 9.39. The minimum Gasteiger partial charge on any atom is -0.465 e. The van der Waals surface area contributed by atoms with Crippen molar-refractivity contribution >= 4 is 28.0 Å². The zero-order valence-electron chi connectivity index (χ0n) is 11.5. The van der Waals surface area contributed by atoms with Crippen LogP contribution in [0.15, 0.2) is 0 Å². The monoisotopic (exact) mass is 295 g/mol. The summed E-state index contributed by atoms with van der Waals surface area (Å²) in [5.41, 5.74) is 5.69. The number of anilines is 2. The summed E-state index contributed by atoms with van der Waals surface area (Å²) in [6.45, 7) is 3.06. The molecule has 0 unspecified atom stereocenters. The number of nitrogens with zero attached hydrogens (tertiary/aromatic N) is 2. The number of carbonyl (C=O) groups is 1. The molecule has 0 amide bonds. The lowest BCUT2D eigenvalue weighted by atomic mass is 9.94. The average molecular weight is 295 g/mol. The van der Waals surface area contributed by atoms with Gasteiger partial charge in [-0.25, -0.2) is 4.79 Å². The lowest BCUT2D eigenvalue weighted by Crippen LogP contribution is -2.42. The number of esters is 1. The van der Waals surface area contributed by atoms with E-state index in [0.717, 1.165) is 0 Å². The van der Waals surface area contributed by atoms with Gasteiger partial charge in [-0.3, -0.25) is 0 Å². The van der Waals surface area contributed by atoms with Gasteiger partial charge in [-0.1, -0.05) is 0 Å². The number of rotatable bonds is 2. The van der Waals surface area contributed by atoms with Crippen molar-refractivity contribution in [1.82, 2.24) is 0 Å². The van der Waals surface area contributed by atoms with Crippen LogP contribution in [0.25, 0.3) is 0 Å². The summed E-state index contributed by atoms with van der Waals surface area (Å²) in [7, 11) is 1.28. The minimum absolute atomic E-state index is 0.177. The number of piperidine rings is 1. The molecule has 0 aliphatic carbocycles. The molecule has 20 heavy (non-hydrogen) atoms. The van der Waals surface area contributed by atoms with Crippen molar-refractivity contribution in [3.63, 3.8) is 0 Å². The summed E-state index contributed by atoms with van der Waals surface area (Å²) >= 11 is 1.17. The van der Waals surface area contributed by atoms with Gasteiger partial charge >= 0.3 is 5.97 Å². The second kappa shape index (κ2) is 5.31. The van der Waals surface area contributed by atoms with Crippen molar-refractivity contribution in [1.29, 1.82) is 5.26 Å². The fourth-order valence-electron chi connectivity index (χ4n) is 2.20. The molecule has 3 N–H and O–H groups in total. The number of hydrogen-bond acceptors (Lipinski definition) is 7. The van der Waals surface area contributed by atoms with Crippen LogP contribution in [0.3, 0.4) is 0 Å². The Morgan fingerprint density at radius 2 is 2.15 bits per heavy atom. The molecule has 1 aliphatic rings. The van der Waals surface area contributed by atoms with E-state index < -0.39 is 11.6 Å². The number of carbonyl (C=O) groups excluding carboxylic acids is 1. The van der Waals surface area contributed by atoms with Crippen LogP contribution in [0, 0.1) is 11.3 Å². The third-order valence-corrected chi connectivity index (χ3v) is 4.78. The van der Waals surface area contributed by atoms with Crippen LogP contribution in [0.2, 0.25) is 0 Å². The van der Waals surface area contributed by atoms with E-state index in [4.69, 9.17) is 5.73 Å². The number of methoxy groups -OCH3 is 1. The molecule has 1 aromatic rings. The number of nitriles is 1. The Balaban J connectivity index is 2.33. The molecule has 0 aromatic carbocycles. The van der Waals surface area contributed by atoms with Crippen molar-refractivity contribution in [3.8, 4) is 6.07 Å². The Morgan fingerprint density at radius 1 is 1.55 bits per heavy atom. The van der Waals surface area contributed by atoms with Crippen LogP contribution >= 0.6 is 11.3 Å². The highest BCUT2D eigenvalue weighted by Gasteiger charge is 2.31. The van der Waals surface area contributed by atoms with Gasteiger partial charge in [-0.2, -0.15) is 5.26 Å². The summed E-state index contributed by atoms with van der Waals surface area (Å²) in [6.07, 6.45) is 1.23. The van der Waals surface area contributed by atoms with E-state index >= 15 is 0 Å². The maximum Gasteiger partial charge on any atom is 0.350 e. The summed E-state index contributed by atoms with van der Waals surface area (Å²) < 4.78 is 4.67. The van der Waals surface area contributed by atoms with Crippen LogP contribution in [0.4, 0.5) is 10.7 Å². The van der Waals surface area contributed by atoms with Gasteiger partial charge < -0.3 is 20.5 Å². The highest BCUT2D eigenvalue weighted by Crippen LogP contribution is 2.40. The zero-order chi connectivity index (χ0) is 14.9. The summed E-state index contributed by atoms with van der Waals surface area (Å²) in [5, 5.41) is 19.9. The molecule has 108 valence electrons. The van der Waals surface area contributed by atoms with Gasteiger partial charge in [0.25, 0.3) is 0 Å². The third kappa shape index (κ3) is 2.57. The summed E-state index contributed by atoms with van der Waals surface area (Å²) in [5.74, 6) is -0.528. The highest BCUT2D eigenvalue weighted by molar-refractivity contribution is 7.18. The first kappa shape index (κ1) is 14.6. The van der Waals surface area contributed by atoms with Crippen LogP contribution in [0.1, 0.15) is 35.0 Å². The predicted molar refractivity (Wildman–Crippen MR) is 76.9 cm³/mol. The second-order valence-electron chi connectivity index (χ2n) is 5.11. The molecule has 1 aliphatic heterocycles. The van der Waals surface area contributed by atoms with Crippen molar-refractivity contribution in [2.45, 2.75) is 25.4 Å². The molecule has 2 rings (SSSR count). The topological polar surface area (TPSA) is 99.6 Å². The molecule has 0 bridgehead atoms. The number of thiophene rings is 1. The van der Waals surface area contributed by atoms with Crippen molar-refractivity contribution < 1.29 is 14.6 Å². The van der Waals surface area contributed by atoms with Crippen LogP contribution < -0.4 is 10.6 Å². The Morgan fingerprint density at radius 3 is 2.65 bits per heavy atom. The number of aliphatic hydroxyl groups is 1. The Hall–Kier alpha value is -1.78. The van der Waals surface area contributed by atoms with Gasteiger partial charge in [0.05, 0.1) is 18.4 Å². The van der Waals surface area contributed by atoms with E-state index in [9.17, 15) is 15.2 Å². The number of hydrogen-bond donors (Lipinski definition) is 2. The highest BCUT2D eigenvalue weighted by atomic mass is 32.1. The Labute approximate surface area is 121 Å². The van der Waals surface area contributed by atoms with E-state index in [1.807, 2.05) is 4.90 Å². The lowest BCUT2D eigenvalue weighted by Gasteiger charge is -2.36. The van der Waals surface area contributed by atoms with E-state index in [1.165, 1.54) is 18.4 Å². The van der Waals surface area contributed by atoms with E-state index in [0.29, 0.717) is 36.5 Å². The van der Waals surface area contributed by atoms with Crippen molar-refractivity contribution in [2.75, 3.05) is 30.8 Å². The average Bonchev–Trinajstić information content (AvgIpc) is 2.75. The quantitative estimate of drug-likeness (QED) is 0.799. The molecular formula is C13H17N3O3S. The summed E-state index contributed by atoms with van der Waals surface area (Å²) in [4.78, 5) is 13.9. The predicted octanol–water partition coefficient (Wildman–Crippen LogP) is 1.34. The molecule has 0 radical (unpaired) electrons. The molecular weight excluding hydrogens is 278 g/mol. The third-order valence-electron chi connectivity index (χ3n) is 3.54. The van der Waals surface area contributed by atoms with Crippen molar-refractivity contribution in [3.05, 3.63) is 10.4 Å². The Kier molecular flexibility index (Phi) is 3.88. The second-order valence-corrected chi connectivity index (χ2v) is 6.11. The first-order valence-electron chi connectivity index (χ1n) is 6.27. The van der Waals surface area contributed by atoms with E-state index in [-0.39, 0.29) is 10.6 Å². The minimum atomic E-state index is -0.669.